The molecule has 0 atom stereocenters. The SMILES string of the molecule is C/C=C\[Si](C(C)C)(C(C)C)C(C)C. The van der Waals surface area contributed by atoms with E-state index >= 15 is 0 Å². The van der Waals surface area contributed by atoms with Crippen molar-refractivity contribution in [1.29, 1.82) is 0 Å². The first-order valence-electron chi connectivity index (χ1n) is 5.53. The zero-order chi connectivity index (χ0) is 10.6. The summed E-state index contributed by atoms with van der Waals surface area (Å²) < 4.78 is 0. The predicted molar refractivity (Wildman–Crippen MR) is 65.9 cm³/mol. The van der Waals surface area contributed by atoms with Crippen molar-refractivity contribution in [2.24, 2.45) is 0 Å². The minimum atomic E-state index is -1.21. The van der Waals surface area contributed by atoms with Crippen LogP contribution in [0.15, 0.2) is 11.8 Å². The van der Waals surface area contributed by atoms with Crippen LogP contribution in [-0.2, 0) is 0 Å². The standard InChI is InChI=1S/C12H26Si/c1-8-9-13(10(2)3,11(4)5)12(6)7/h8-12H,1-7H3/b9-8-. The van der Waals surface area contributed by atoms with Gasteiger partial charge in [-0.15, -0.1) is 0 Å². The Morgan fingerprint density at radius 3 is 1.15 bits per heavy atom. The molecule has 0 N–H and O–H groups in total. The van der Waals surface area contributed by atoms with Gasteiger partial charge in [0.05, 0.1) is 8.07 Å². The van der Waals surface area contributed by atoms with Gasteiger partial charge in [-0.3, -0.25) is 0 Å². The molecule has 0 aromatic carbocycles. The minimum absolute atomic E-state index is 0.851. The first-order chi connectivity index (χ1) is 5.89. The highest BCUT2D eigenvalue weighted by atomic mass is 28.3. The summed E-state index contributed by atoms with van der Waals surface area (Å²) in [5, 5.41) is 0. The molecule has 0 radical (unpaired) electrons. The summed E-state index contributed by atoms with van der Waals surface area (Å²) in [5.74, 6) is 0. The van der Waals surface area contributed by atoms with Crippen molar-refractivity contribution < 1.29 is 0 Å². The van der Waals surface area contributed by atoms with E-state index < -0.39 is 8.07 Å². The Balaban J connectivity index is 5.05. The number of rotatable bonds is 4. The van der Waals surface area contributed by atoms with E-state index in [0.717, 1.165) is 16.6 Å². The van der Waals surface area contributed by atoms with Gasteiger partial charge in [0.15, 0.2) is 0 Å². The van der Waals surface area contributed by atoms with E-state index in [1.54, 1.807) is 0 Å². The molecule has 13 heavy (non-hydrogen) atoms. The van der Waals surface area contributed by atoms with Crippen LogP contribution >= 0.6 is 0 Å². The van der Waals surface area contributed by atoms with Gasteiger partial charge in [-0.25, -0.2) is 0 Å². The van der Waals surface area contributed by atoms with Crippen molar-refractivity contribution in [1.82, 2.24) is 0 Å². The highest BCUT2D eigenvalue weighted by Crippen LogP contribution is 2.42. The van der Waals surface area contributed by atoms with Crippen LogP contribution in [-0.4, -0.2) is 8.07 Å². The van der Waals surface area contributed by atoms with Crippen LogP contribution in [0.25, 0.3) is 0 Å². The smallest absolute Gasteiger partial charge is 0.0849 e. The second-order valence-corrected chi connectivity index (χ2v) is 10.8. The molecular formula is C12H26Si. The molecule has 0 heterocycles. The van der Waals surface area contributed by atoms with Crippen molar-refractivity contribution in [2.75, 3.05) is 0 Å². The lowest BCUT2D eigenvalue weighted by atomic mass is 10.5. The topological polar surface area (TPSA) is 0 Å². The Morgan fingerprint density at radius 1 is 0.769 bits per heavy atom. The molecule has 0 aliphatic rings. The van der Waals surface area contributed by atoms with Gasteiger partial charge in [0.1, 0.15) is 0 Å². The Labute approximate surface area is 85.4 Å². The molecule has 0 aliphatic heterocycles. The minimum Gasteiger partial charge on any atom is -0.0977 e. The van der Waals surface area contributed by atoms with Gasteiger partial charge in [-0.1, -0.05) is 53.3 Å². The normalized spacial score (nSPS) is 14.0. The van der Waals surface area contributed by atoms with E-state index in [1.165, 1.54) is 0 Å². The zero-order valence-corrected chi connectivity index (χ0v) is 11.4. The van der Waals surface area contributed by atoms with Crippen LogP contribution in [0.4, 0.5) is 0 Å². The Morgan fingerprint density at radius 2 is 1.08 bits per heavy atom. The summed E-state index contributed by atoms with van der Waals surface area (Å²) in [7, 11) is -1.21. The first kappa shape index (κ1) is 13.0. The molecule has 0 saturated heterocycles. The van der Waals surface area contributed by atoms with Gasteiger partial charge >= 0.3 is 0 Å². The van der Waals surface area contributed by atoms with Crippen molar-refractivity contribution in [3.63, 3.8) is 0 Å². The summed E-state index contributed by atoms with van der Waals surface area (Å²) in [5.41, 5.74) is 5.10. The van der Waals surface area contributed by atoms with E-state index in [1.807, 2.05) is 0 Å². The van der Waals surface area contributed by atoms with Gasteiger partial charge < -0.3 is 0 Å². The fourth-order valence-electron chi connectivity index (χ4n) is 2.87. The molecule has 0 aromatic heterocycles. The van der Waals surface area contributed by atoms with Gasteiger partial charge in [-0.05, 0) is 23.5 Å². The molecule has 0 unspecified atom stereocenters. The van der Waals surface area contributed by atoms with Crippen LogP contribution in [0.2, 0.25) is 16.6 Å². The van der Waals surface area contributed by atoms with E-state index in [9.17, 15) is 0 Å². The van der Waals surface area contributed by atoms with Crippen LogP contribution in [0.5, 0.6) is 0 Å². The maximum Gasteiger partial charge on any atom is 0.0849 e. The molecule has 1 heteroatoms. The number of allylic oxidation sites excluding steroid dienone is 1. The lowest BCUT2D eigenvalue weighted by Crippen LogP contribution is -2.42. The molecule has 0 fully saturated rings. The summed E-state index contributed by atoms with van der Waals surface area (Å²) in [6.07, 6.45) is 2.27. The average molecular weight is 198 g/mol. The lowest BCUT2D eigenvalue weighted by molar-refractivity contribution is 0.833. The van der Waals surface area contributed by atoms with Crippen molar-refractivity contribution in [3.05, 3.63) is 11.8 Å². The molecule has 78 valence electrons. The second-order valence-electron chi connectivity index (χ2n) is 4.96. The molecule has 0 nitrogen and oxygen atoms in total. The molecular weight excluding hydrogens is 172 g/mol. The van der Waals surface area contributed by atoms with Crippen LogP contribution in [0.3, 0.4) is 0 Å². The average Bonchev–Trinajstić information content (AvgIpc) is 1.97. The van der Waals surface area contributed by atoms with Crippen molar-refractivity contribution in [2.45, 2.75) is 65.1 Å². The fourth-order valence-corrected chi connectivity index (χ4v) is 8.60. The van der Waals surface area contributed by atoms with Crippen LogP contribution in [0, 0.1) is 0 Å². The maximum atomic E-state index is 2.55. The first-order valence-corrected chi connectivity index (χ1v) is 7.84. The predicted octanol–water partition coefficient (Wildman–Crippen LogP) is 4.78. The van der Waals surface area contributed by atoms with Crippen LogP contribution < -0.4 is 0 Å². The molecule has 0 bridgehead atoms. The Bertz CT molecular complexity index is 144. The third-order valence-corrected chi connectivity index (χ3v) is 10.4. The summed E-state index contributed by atoms with van der Waals surface area (Å²) in [6, 6.07) is 0. The summed E-state index contributed by atoms with van der Waals surface area (Å²) in [4.78, 5) is 0. The highest BCUT2D eigenvalue weighted by Gasteiger charge is 2.39. The maximum absolute atomic E-state index is 2.55. The summed E-state index contributed by atoms with van der Waals surface area (Å²) in [6.45, 7) is 16.5. The van der Waals surface area contributed by atoms with E-state index in [4.69, 9.17) is 0 Å². The molecule has 0 saturated carbocycles. The van der Waals surface area contributed by atoms with E-state index in [0.29, 0.717) is 0 Å². The zero-order valence-electron chi connectivity index (χ0n) is 10.4. The Kier molecular flexibility index (Phi) is 4.98. The van der Waals surface area contributed by atoms with Gasteiger partial charge in [0.25, 0.3) is 0 Å². The molecule has 0 spiro atoms. The third kappa shape index (κ3) is 2.46. The molecule has 0 amide bonds. The van der Waals surface area contributed by atoms with Gasteiger partial charge in [-0.2, -0.15) is 0 Å². The molecule has 0 aliphatic carbocycles. The van der Waals surface area contributed by atoms with Gasteiger partial charge in [0.2, 0.25) is 0 Å². The van der Waals surface area contributed by atoms with E-state index in [2.05, 4.69) is 60.2 Å². The number of hydrogen-bond acceptors (Lipinski definition) is 0. The third-order valence-electron chi connectivity index (χ3n) is 3.46. The monoisotopic (exact) mass is 198 g/mol. The molecule has 0 rings (SSSR count). The quantitative estimate of drug-likeness (QED) is 0.570. The van der Waals surface area contributed by atoms with Gasteiger partial charge in [0, 0.05) is 0 Å². The Hall–Kier alpha value is -0.0431. The van der Waals surface area contributed by atoms with Crippen molar-refractivity contribution in [3.8, 4) is 0 Å². The fraction of sp³-hybridized carbons (Fsp3) is 0.833. The summed E-state index contributed by atoms with van der Waals surface area (Å²) >= 11 is 0. The second kappa shape index (κ2) is 4.99. The highest BCUT2D eigenvalue weighted by molar-refractivity contribution is 6.87. The lowest BCUT2D eigenvalue weighted by Gasteiger charge is -2.40. The van der Waals surface area contributed by atoms with E-state index in [-0.39, 0.29) is 0 Å². The largest absolute Gasteiger partial charge is 0.0977 e. The molecule has 0 aromatic rings. The van der Waals surface area contributed by atoms with Crippen molar-refractivity contribution >= 4 is 8.07 Å². The number of hydrogen-bond donors (Lipinski definition) is 0. The van der Waals surface area contributed by atoms with Crippen LogP contribution in [0.1, 0.15) is 48.5 Å².